The number of amides is 1. The minimum atomic E-state index is -0.0116. The second kappa shape index (κ2) is 9.94. The quantitative estimate of drug-likeness (QED) is 0.586. The molecule has 162 valence electrons. The molecule has 0 saturated carbocycles. The van der Waals surface area contributed by atoms with Gasteiger partial charge in [-0.05, 0) is 50.6 Å². The molecule has 4 rings (SSSR count). The third-order valence-corrected chi connectivity index (χ3v) is 5.89. The van der Waals surface area contributed by atoms with Crippen molar-refractivity contribution in [2.45, 2.75) is 20.3 Å². The highest BCUT2D eigenvalue weighted by molar-refractivity contribution is 5.97. The number of benzene rings is 2. The van der Waals surface area contributed by atoms with Gasteiger partial charge in [-0.3, -0.25) is 9.69 Å². The Morgan fingerprint density at radius 2 is 1.71 bits per heavy atom. The van der Waals surface area contributed by atoms with Crippen LogP contribution < -0.4 is 5.32 Å². The van der Waals surface area contributed by atoms with E-state index < -0.39 is 0 Å². The van der Waals surface area contributed by atoms with Gasteiger partial charge in [0.1, 0.15) is 0 Å². The first-order chi connectivity index (χ1) is 15.1. The molecule has 2 heterocycles. The van der Waals surface area contributed by atoms with Crippen molar-refractivity contribution in [3.63, 3.8) is 0 Å². The van der Waals surface area contributed by atoms with Gasteiger partial charge >= 0.3 is 0 Å². The van der Waals surface area contributed by atoms with Gasteiger partial charge in [0.2, 0.25) is 0 Å². The van der Waals surface area contributed by atoms with Crippen molar-refractivity contribution in [3.8, 4) is 16.9 Å². The molecular weight excluding hydrogens is 386 g/mol. The van der Waals surface area contributed by atoms with E-state index in [1.807, 2.05) is 31.2 Å². The third-order valence-electron chi connectivity index (χ3n) is 5.89. The van der Waals surface area contributed by atoms with Crippen LogP contribution in [0, 0.1) is 13.8 Å². The van der Waals surface area contributed by atoms with Crippen molar-refractivity contribution in [3.05, 3.63) is 77.5 Å². The number of hydrogen-bond acceptors (Lipinski definition) is 3. The highest BCUT2D eigenvalue weighted by atomic mass is 16.5. The van der Waals surface area contributed by atoms with Gasteiger partial charge < -0.3 is 14.6 Å². The number of carbonyl (C=O) groups is 1. The zero-order valence-corrected chi connectivity index (χ0v) is 18.4. The van der Waals surface area contributed by atoms with Gasteiger partial charge in [-0.25, -0.2) is 0 Å². The molecule has 31 heavy (non-hydrogen) atoms. The Hall–Kier alpha value is -2.89. The Kier molecular flexibility index (Phi) is 6.85. The second-order valence-electron chi connectivity index (χ2n) is 8.13. The zero-order valence-electron chi connectivity index (χ0n) is 18.4. The predicted octanol–water partition coefficient (Wildman–Crippen LogP) is 4.21. The lowest BCUT2D eigenvalue weighted by atomic mass is 10.1. The topological polar surface area (TPSA) is 46.5 Å². The predicted molar refractivity (Wildman–Crippen MR) is 125 cm³/mol. The van der Waals surface area contributed by atoms with Crippen molar-refractivity contribution in [1.29, 1.82) is 0 Å². The summed E-state index contributed by atoms with van der Waals surface area (Å²) < 4.78 is 7.57. The van der Waals surface area contributed by atoms with Crippen LogP contribution in [0.5, 0.6) is 0 Å². The van der Waals surface area contributed by atoms with Crippen LogP contribution in [0.1, 0.15) is 28.0 Å². The number of rotatable bonds is 7. The van der Waals surface area contributed by atoms with Crippen molar-refractivity contribution < 1.29 is 9.53 Å². The van der Waals surface area contributed by atoms with E-state index >= 15 is 0 Å². The largest absolute Gasteiger partial charge is 0.379 e. The van der Waals surface area contributed by atoms with Crippen LogP contribution in [-0.2, 0) is 4.74 Å². The lowest BCUT2D eigenvalue weighted by Crippen LogP contribution is -2.38. The maximum atomic E-state index is 13.0. The Morgan fingerprint density at radius 3 is 2.42 bits per heavy atom. The summed E-state index contributed by atoms with van der Waals surface area (Å²) >= 11 is 0. The van der Waals surface area contributed by atoms with E-state index in [1.165, 1.54) is 5.56 Å². The SMILES string of the molecule is Cc1ccc(-n2c(-c3ccccc3)cc(C(=O)NCCCN3CCOCC3)c2C)cc1. The molecule has 1 aliphatic heterocycles. The van der Waals surface area contributed by atoms with E-state index in [0.717, 1.165) is 67.5 Å². The van der Waals surface area contributed by atoms with E-state index in [2.05, 4.69) is 58.1 Å². The lowest BCUT2D eigenvalue weighted by Gasteiger charge is -2.26. The lowest BCUT2D eigenvalue weighted by molar-refractivity contribution is 0.0374. The summed E-state index contributed by atoms with van der Waals surface area (Å²) in [6.45, 7) is 9.34. The molecule has 0 bridgehead atoms. The van der Waals surface area contributed by atoms with E-state index in [4.69, 9.17) is 4.74 Å². The van der Waals surface area contributed by atoms with Gasteiger partial charge in [0, 0.05) is 31.0 Å². The number of nitrogens with one attached hydrogen (secondary N) is 1. The fraction of sp³-hybridized carbons (Fsp3) is 0.346. The average molecular weight is 418 g/mol. The van der Waals surface area contributed by atoms with Crippen molar-refractivity contribution in [2.75, 3.05) is 39.4 Å². The fourth-order valence-corrected chi connectivity index (χ4v) is 4.11. The fourth-order valence-electron chi connectivity index (χ4n) is 4.11. The zero-order chi connectivity index (χ0) is 21.6. The van der Waals surface area contributed by atoms with Gasteiger partial charge in [-0.15, -0.1) is 0 Å². The number of aryl methyl sites for hydroxylation is 1. The normalized spacial score (nSPS) is 14.5. The van der Waals surface area contributed by atoms with Crippen LogP contribution in [0.25, 0.3) is 16.9 Å². The molecule has 1 saturated heterocycles. The second-order valence-corrected chi connectivity index (χ2v) is 8.13. The highest BCUT2D eigenvalue weighted by Gasteiger charge is 2.19. The van der Waals surface area contributed by atoms with E-state index in [1.54, 1.807) is 0 Å². The molecule has 0 atom stereocenters. The van der Waals surface area contributed by atoms with Gasteiger partial charge in [0.15, 0.2) is 0 Å². The smallest absolute Gasteiger partial charge is 0.253 e. The van der Waals surface area contributed by atoms with Crippen LogP contribution in [0.2, 0.25) is 0 Å². The molecule has 1 aliphatic rings. The van der Waals surface area contributed by atoms with E-state index in [-0.39, 0.29) is 5.91 Å². The van der Waals surface area contributed by atoms with Crippen LogP contribution in [-0.4, -0.2) is 54.8 Å². The summed E-state index contributed by atoms with van der Waals surface area (Å²) in [6, 6.07) is 20.7. The van der Waals surface area contributed by atoms with Gasteiger partial charge in [-0.2, -0.15) is 0 Å². The van der Waals surface area contributed by atoms with Crippen molar-refractivity contribution in [1.82, 2.24) is 14.8 Å². The third kappa shape index (κ3) is 5.06. The molecule has 1 fully saturated rings. The molecule has 0 unspecified atom stereocenters. The number of ether oxygens (including phenoxy) is 1. The maximum Gasteiger partial charge on any atom is 0.253 e. The minimum Gasteiger partial charge on any atom is -0.379 e. The van der Waals surface area contributed by atoms with Crippen molar-refractivity contribution >= 4 is 5.91 Å². The van der Waals surface area contributed by atoms with Crippen LogP contribution >= 0.6 is 0 Å². The first-order valence-electron chi connectivity index (χ1n) is 11.1. The molecule has 1 aromatic heterocycles. The Labute approximate surface area is 184 Å². The molecule has 3 aromatic rings. The highest BCUT2D eigenvalue weighted by Crippen LogP contribution is 2.29. The standard InChI is InChI=1S/C26H31N3O2/c1-20-9-11-23(12-10-20)29-21(2)24(19-25(29)22-7-4-3-5-8-22)26(30)27-13-6-14-28-15-17-31-18-16-28/h3-5,7-12,19H,6,13-18H2,1-2H3,(H,27,30). The summed E-state index contributed by atoms with van der Waals surface area (Å²) in [6.07, 6.45) is 0.939. The monoisotopic (exact) mass is 417 g/mol. The van der Waals surface area contributed by atoms with Crippen LogP contribution in [0.15, 0.2) is 60.7 Å². The molecule has 1 amide bonds. The number of morpholine rings is 1. The van der Waals surface area contributed by atoms with E-state index in [9.17, 15) is 4.79 Å². The Balaban J connectivity index is 1.53. The minimum absolute atomic E-state index is 0.0116. The average Bonchev–Trinajstić information content (AvgIpc) is 3.15. The molecule has 0 aliphatic carbocycles. The van der Waals surface area contributed by atoms with Gasteiger partial charge in [0.25, 0.3) is 5.91 Å². The number of nitrogens with zero attached hydrogens (tertiary/aromatic N) is 2. The van der Waals surface area contributed by atoms with Gasteiger partial charge in [-0.1, -0.05) is 48.0 Å². The number of aromatic nitrogens is 1. The molecule has 5 nitrogen and oxygen atoms in total. The first kappa shape index (κ1) is 21.3. The molecule has 5 heteroatoms. The van der Waals surface area contributed by atoms with Gasteiger partial charge in [0.05, 0.1) is 24.5 Å². The number of hydrogen-bond donors (Lipinski definition) is 1. The Morgan fingerprint density at radius 1 is 1.00 bits per heavy atom. The van der Waals surface area contributed by atoms with Crippen LogP contribution in [0.3, 0.4) is 0 Å². The van der Waals surface area contributed by atoms with Crippen LogP contribution in [0.4, 0.5) is 0 Å². The Bertz CT molecular complexity index is 1000. The summed E-state index contributed by atoms with van der Waals surface area (Å²) in [5.41, 5.74) is 6.08. The summed E-state index contributed by atoms with van der Waals surface area (Å²) in [7, 11) is 0. The molecular formula is C26H31N3O2. The summed E-state index contributed by atoms with van der Waals surface area (Å²) in [5, 5.41) is 3.12. The summed E-state index contributed by atoms with van der Waals surface area (Å²) in [4.78, 5) is 15.4. The molecule has 1 N–H and O–H groups in total. The van der Waals surface area contributed by atoms with E-state index in [0.29, 0.717) is 6.54 Å². The maximum absolute atomic E-state index is 13.0. The molecule has 0 spiro atoms. The number of carbonyl (C=O) groups excluding carboxylic acids is 1. The first-order valence-corrected chi connectivity index (χ1v) is 11.1. The van der Waals surface area contributed by atoms with Crippen molar-refractivity contribution in [2.24, 2.45) is 0 Å². The molecule has 2 aromatic carbocycles. The summed E-state index contributed by atoms with van der Waals surface area (Å²) in [5.74, 6) is -0.0116. The molecule has 0 radical (unpaired) electrons.